The lowest BCUT2D eigenvalue weighted by Gasteiger charge is -2.16. The van der Waals surface area contributed by atoms with E-state index in [1.54, 1.807) is 25.1 Å². The van der Waals surface area contributed by atoms with Gasteiger partial charge in [0.25, 0.3) is 5.91 Å². The molecule has 0 bridgehead atoms. The van der Waals surface area contributed by atoms with Gasteiger partial charge >= 0.3 is 0 Å². The average molecular weight is 305 g/mol. The Hall–Kier alpha value is -0.970. The number of ether oxygens (including phenoxy) is 1. The van der Waals surface area contributed by atoms with E-state index in [1.165, 1.54) is 0 Å². The topological polar surface area (TPSA) is 64.3 Å². The van der Waals surface area contributed by atoms with E-state index in [0.717, 1.165) is 0 Å². The van der Waals surface area contributed by atoms with Crippen LogP contribution in [0.2, 0.25) is 10.0 Å². The first-order valence-electron chi connectivity index (χ1n) is 6.03. The smallest absolute Gasteiger partial charge is 0.260 e. The van der Waals surface area contributed by atoms with Gasteiger partial charge in [0.1, 0.15) is 5.75 Å². The van der Waals surface area contributed by atoms with Crippen LogP contribution in [0.25, 0.3) is 0 Å². The van der Waals surface area contributed by atoms with Crippen molar-refractivity contribution in [3.8, 4) is 5.75 Å². The van der Waals surface area contributed by atoms with Crippen LogP contribution < -0.4 is 15.8 Å². The van der Waals surface area contributed by atoms with Gasteiger partial charge in [-0.1, -0.05) is 30.1 Å². The van der Waals surface area contributed by atoms with Crippen LogP contribution in [0.3, 0.4) is 0 Å². The second kappa shape index (κ2) is 7.58. The first-order valence-corrected chi connectivity index (χ1v) is 6.78. The third-order valence-electron chi connectivity index (χ3n) is 2.55. The van der Waals surface area contributed by atoms with E-state index in [-0.39, 0.29) is 11.8 Å². The molecular formula is C13H18Cl2N2O2. The van der Waals surface area contributed by atoms with E-state index in [1.807, 2.05) is 6.92 Å². The van der Waals surface area contributed by atoms with Gasteiger partial charge in [0.15, 0.2) is 6.10 Å². The van der Waals surface area contributed by atoms with Gasteiger partial charge in [-0.05, 0) is 37.6 Å². The molecule has 1 rings (SSSR count). The summed E-state index contributed by atoms with van der Waals surface area (Å²) in [6.07, 6.45) is -0.625. The Morgan fingerprint density at radius 1 is 1.32 bits per heavy atom. The van der Waals surface area contributed by atoms with E-state index in [9.17, 15) is 4.79 Å². The van der Waals surface area contributed by atoms with Crippen molar-refractivity contribution < 1.29 is 9.53 Å². The molecule has 0 fully saturated rings. The molecular weight excluding hydrogens is 287 g/mol. The van der Waals surface area contributed by atoms with E-state index < -0.39 is 6.10 Å². The third-order valence-corrected chi connectivity index (χ3v) is 2.98. The number of amides is 1. The van der Waals surface area contributed by atoms with Crippen LogP contribution in [0.4, 0.5) is 0 Å². The Morgan fingerprint density at radius 3 is 2.42 bits per heavy atom. The zero-order chi connectivity index (χ0) is 14.4. The van der Waals surface area contributed by atoms with E-state index in [4.69, 9.17) is 33.7 Å². The molecule has 0 heterocycles. The van der Waals surface area contributed by atoms with Crippen molar-refractivity contribution >= 4 is 29.1 Å². The quantitative estimate of drug-likeness (QED) is 0.848. The van der Waals surface area contributed by atoms with Gasteiger partial charge in [0.05, 0.1) is 0 Å². The van der Waals surface area contributed by atoms with Crippen molar-refractivity contribution in [2.45, 2.75) is 20.0 Å². The molecule has 3 N–H and O–H groups in total. The van der Waals surface area contributed by atoms with Crippen LogP contribution in [-0.4, -0.2) is 25.1 Å². The number of benzene rings is 1. The van der Waals surface area contributed by atoms with Crippen LogP contribution in [0.1, 0.15) is 13.8 Å². The van der Waals surface area contributed by atoms with Gasteiger partial charge in [-0.2, -0.15) is 0 Å². The normalized spacial score (nSPS) is 13.7. The van der Waals surface area contributed by atoms with Crippen LogP contribution >= 0.6 is 23.2 Å². The molecule has 0 radical (unpaired) electrons. The molecule has 0 aromatic heterocycles. The largest absolute Gasteiger partial charge is 0.481 e. The molecule has 1 aromatic rings. The number of hydrogen-bond acceptors (Lipinski definition) is 3. The summed E-state index contributed by atoms with van der Waals surface area (Å²) < 4.78 is 5.49. The van der Waals surface area contributed by atoms with E-state index in [0.29, 0.717) is 28.9 Å². The number of rotatable bonds is 6. The zero-order valence-corrected chi connectivity index (χ0v) is 12.5. The van der Waals surface area contributed by atoms with Crippen LogP contribution in [0, 0.1) is 5.92 Å². The van der Waals surface area contributed by atoms with Crippen LogP contribution in [0.5, 0.6) is 5.75 Å². The maximum atomic E-state index is 11.8. The van der Waals surface area contributed by atoms with Crippen LogP contribution in [0.15, 0.2) is 18.2 Å². The summed E-state index contributed by atoms with van der Waals surface area (Å²) in [5.74, 6) is 0.500. The first-order chi connectivity index (χ1) is 8.92. The maximum absolute atomic E-state index is 11.8. The lowest BCUT2D eigenvalue weighted by Crippen LogP contribution is -2.39. The fraction of sp³-hybridized carbons (Fsp3) is 0.462. The molecule has 106 valence electrons. The minimum atomic E-state index is -0.625. The number of hydrogen-bond donors (Lipinski definition) is 2. The highest BCUT2D eigenvalue weighted by atomic mass is 35.5. The first kappa shape index (κ1) is 16.1. The predicted octanol–water partition coefficient (Wildman–Crippen LogP) is 2.47. The zero-order valence-electron chi connectivity index (χ0n) is 11.0. The summed E-state index contributed by atoms with van der Waals surface area (Å²) in [7, 11) is 0. The van der Waals surface area contributed by atoms with Crippen molar-refractivity contribution in [1.82, 2.24) is 5.32 Å². The van der Waals surface area contributed by atoms with Gasteiger partial charge in [0.2, 0.25) is 0 Å². The lowest BCUT2D eigenvalue weighted by molar-refractivity contribution is -0.127. The molecule has 0 saturated carbocycles. The Labute approximate surface area is 123 Å². The van der Waals surface area contributed by atoms with Gasteiger partial charge in [-0.3, -0.25) is 4.79 Å². The molecule has 4 nitrogen and oxygen atoms in total. The number of halogens is 2. The summed E-state index contributed by atoms with van der Waals surface area (Å²) in [4.78, 5) is 11.8. The van der Waals surface area contributed by atoms with E-state index >= 15 is 0 Å². The van der Waals surface area contributed by atoms with Crippen molar-refractivity contribution in [2.75, 3.05) is 13.1 Å². The Balaban J connectivity index is 2.53. The highest BCUT2D eigenvalue weighted by Gasteiger charge is 2.15. The summed E-state index contributed by atoms with van der Waals surface area (Å²) >= 11 is 11.7. The SMILES string of the molecule is CC(CN)CNC(=O)C(C)Oc1cc(Cl)cc(Cl)c1. The van der Waals surface area contributed by atoms with Crippen molar-refractivity contribution in [2.24, 2.45) is 11.7 Å². The van der Waals surface area contributed by atoms with Gasteiger partial charge < -0.3 is 15.8 Å². The highest BCUT2D eigenvalue weighted by molar-refractivity contribution is 6.34. The Bertz CT molecular complexity index is 420. The predicted molar refractivity (Wildman–Crippen MR) is 77.8 cm³/mol. The number of carbonyl (C=O) groups is 1. The third kappa shape index (κ3) is 5.68. The van der Waals surface area contributed by atoms with E-state index in [2.05, 4.69) is 5.32 Å². The number of carbonyl (C=O) groups excluding carboxylic acids is 1. The molecule has 0 aliphatic rings. The molecule has 1 aromatic carbocycles. The molecule has 6 heteroatoms. The van der Waals surface area contributed by atoms with Crippen molar-refractivity contribution in [3.63, 3.8) is 0 Å². The minimum absolute atomic E-state index is 0.198. The molecule has 2 unspecified atom stereocenters. The summed E-state index contributed by atoms with van der Waals surface area (Å²) in [5.41, 5.74) is 5.48. The molecule has 0 aliphatic carbocycles. The molecule has 0 spiro atoms. The molecule has 1 amide bonds. The Morgan fingerprint density at radius 2 is 1.89 bits per heavy atom. The minimum Gasteiger partial charge on any atom is -0.481 e. The summed E-state index contributed by atoms with van der Waals surface area (Å²) in [6.45, 7) is 4.68. The second-order valence-electron chi connectivity index (χ2n) is 4.45. The lowest BCUT2D eigenvalue weighted by atomic mass is 10.2. The Kier molecular flexibility index (Phi) is 6.42. The number of nitrogens with two attached hydrogens (primary N) is 1. The summed E-state index contributed by atoms with van der Waals surface area (Å²) in [6, 6.07) is 4.82. The van der Waals surface area contributed by atoms with Crippen LogP contribution in [-0.2, 0) is 4.79 Å². The molecule has 0 aliphatic heterocycles. The fourth-order valence-electron chi connectivity index (χ4n) is 1.36. The van der Waals surface area contributed by atoms with Crippen molar-refractivity contribution in [1.29, 1.82) is 0 Å². The highest BCUT2D eigenvalue weighted by Crippen LogP contribution is 2.24. The fourth-order valence-corrected chi connectivity index (χ4v) is 1.86. The molecule has 2 atom stereocenters. The average Bonchev–Trinajstić information content (AvgIpc) is 2.33. The monoisotopic (exact) mass is 304 g/mol. The van der Waals surface area contributed by atoms with Gasteiger partial charge in [0, 0.05) is 16.6 Å². The van der Waals surface area contributed by atoms with Gasteiger partial charge in [-0.15, -0.1) is 0 Å². The second-order valence-corrected chi connectivity index (χ2v) is 5.32. The molecule has 0 saturated heterocycles. The van der Waals surface area contributed by atoms with Gasteiger partial charge in [-0.25, -0.2) is 0 Å². The summed E-state index contributed by atoms with van der Waals surface area (Å²) in [5, 5.41) is 3.70. The maximum Gasteiger partial charge on any atom is 0.260 e. The van der Waals surface area contributed by atoms with Crippen molar-refractivity contribution in [3.05, 3.63) is 28.2 Å². The molecule has 19 heavy (non-hydrogen) atoms. The standard InChI is InChI=1S/C13H18Cl2N2O2/c1-8(6-16)7-17-13(18)9(2)19-12-4-10(14)3-11(15)5-12/h3-5,8-9H,6-7,16H2,1-2H3,(H,17,18). The number of nitrogens with one attached hydrogen (secondary N) is 1.